The summed E-state index contributed by atoms with van der Waals surface area (Å²) >= 11 is 0. The van der Waals surface area contributed by atoms with Crippen LogP contribution in [0.5, 0.6) is 0 Å². The second kappa shape index (κ2) is 7.20. The lowest BCUT2D eigenvalue weighted by molar-refractivity contribution is -0.115. The fraction of sp³-hybridized carbons (Fsp3) is 0.0417. The zero-order valence-electron chi connectivity index (χ0n) is 15.6. The maximum atomic E-state index is 12.7. The molecule has 5 rings (SSSR count). The maximum Gasteiger partial charge on any atom is 0.234 e. The Morgan fingerprint density at radius 2 is 1.83 bits per heavy atom. The number of anilines is 1. The van der Waals surface area contributed by atoms with Gasteiger partial charge in [-0.25, -0.2) is 9.97 Å². The SMILES string of the molecule is O=C(Cc1cccc2ccccc12)Nc1cccc(-c2cn3cccnc3n2)c1. The molecule has 0 saturated carbocycles. The van der Waals surface area contributed by atoms with E-state index in [0.717, 1.165) is 33.3 Å². The van der Waals surface area contributed by atoms with Gasteiger partial charge in [-0.05, 0) is 34.5 Å². The second-order valence-corrected chi connectivity index (χ2v) is 6.90. The van der Waals surface area contributed by atoms with Crippen LogP contribution in [-0.4, -0.2) is 20.3 Å². The molecule has 5 nitrogen and oxygen atoms in total. The largest absolute Gasteiger partial charge is 0.326 e. The van der Waals surface area contributed by atoms with E-state index in [2.05, 4.69) is 33.5 Å². The first-order valence-corrected chi connectivity index (χ1v) is 9.43. The van der Waals surface area contributed by atoms with Crippen LogP contribution in [0, 0.1) is 0 Å². The highest BCUT2D eigenvalue weighted by molar-refractivity contribution is 5.96. The van der Waals surface area contributed by atoms with Crippen LogP contribution < -0.4 is 5.32 Å². The molecule has 0 spiro atoms. The van der Waals surface area contributed by atoms with Crippen molar-refractivity contribution in [2.45, 2.75) is 6.42 Å². The van der Waals surface area contributed by atoms with Gasteiger partial charge < -0.3 is 5.32 Å². The van der Waals surface area contributed by atoms with E-state index in [-0.39, 0.29) is 5.91 Å². The number of carbonyl (C=O) groups is 1. The smallest absolute Gasteiger partial charge is 0.234 e. The van der Waals surface area contributed by atoms with Gasteiger partial charge in [-0.15, -0.1) is 0 Å². The fourth-order valence-electron chi connectivity index (χ4n) is 3.55. The highest BCUT2D eigenvalue weighted by Gasteiger charge is 2.09. The molecule has 0 aliphatic rings. The van der Waals surface area contributed by atoms with Crippen molar-refractivity contribution in [3.8, 4) is 11.3 Å². The molecule has 3 aromatic carbocycles. The highest BCUT2D eigenvalue weighted by atomic mass is 16.1. The molecule has 0 aliphatic carbocycles. The zero-order chi connectivity index (χ0) is 19.6. The normalized spacial score (nSPS) is 11.0. The molecule has 1 amide bonds. The van der Waals surface area contributed by atoms with E-state index in [1.54, 1.807) is 6.20 Å². The Labute approximate surface area is 167 Å². The molecule has 1 N–H and O–H groups in total. The van der Waals surface area contributed by atoms with Gasteiger partial charge in [-0.3, -0.25) is 9.20 Å². The van der Waals surface area contributed by atoms with Gasteiger partial charge in [0, 0.05) is 29.8 Å². The molecular formula is C24H18N4O. The summed E-state index contributed by atoms with van der Waals surface area (Å²) in [6.07, 6.45) is 5.88. The summed E-state index contributed by atoms with van der Waals surface area (Å²) in [7, 11) is 0. The Morgan fingerprint density at radius 3 is 2.76 bits per heavy atom. The molecule has 2 aromatic heterocycles. The van der Waals surface area contributed by atoms with Crippen molar-refractivity contribution in [3.05, 3.63) is 97.0 Å². The van der Waals surface area contributed by atoms with E-state index >= 15 is 0 Å². The van der Waals surface area contributed by atoms with Gasteiger partial charge in [-0.1, -0.05) is 54.6 Å². The molecule has 5 heteroatoms. The summed E-state index contributed by atoms with van der Waals surface area (Å²) in [5.74, 6) is 0.600. The van der Waals surface area contributed by atoms with E-state index in [4.69, 9.17) is 0 Å². The summed E-state index contributed by atoms with van der Waals surface area (Å²) in [5.41, 5.74) is 3.51. The Bertz CT molecular complexity index is 1300. The van der Waals surface area contributed by atoms with Crippen molar-refractivity contribution in [2.24, 2.45) is 0 Å². The van der Waals surface area contributed by atoms with Gasteiger partial charge in [0.15, 0.2) is 0 Å². The van der Waals surface area contributed by atoms with Crippen LogP contribution in [0.3, 0.4) is 0 Å². The minimum atomic E-state index is -0.0461. The van der Waals surface area contributed by atoms with Crippen molar-refractivity contribution in [1.29, 1.82) is 0 Å². The number of nitrogens with one attached hydrogen (secondary N) is 1. The number of imidazole rings is 1. The van der Waals surface area contributed by atoms with Crippen molar-refractivity contribution in [2.75, 3.05) is 5.32 Å². The molecule has 0 aliphatic heterocycles. The van der Waals surface area contributed by atoms with E-state index in [1.807, 2.05) is 71.4 Å². The van der Waals surface area contributed by atoms with Crippen molar-refractivity contribution < 1.29 is 4.79 Å². The number of hydrogen-bond donors (Lipinski definition) is 1. The molecule has 0 bridgehead atoms. The van der Waals surface area contributed by atoms with E-state index in [1.165, 1.54) is 0 Å². The monoisotopic (exact) mass is 378 g/mol. The first-order chi connectivity index (χ1) is 14.3. The number of hydrogen-bond acceptors (Lipinski definition) is 3. The Kier molecular flexibility index (Phi) is 4.26. The van der Waals surface area contributed by atoms with Gasteiger partial charge in [0.25, 0.3) is 0 Å². The quantitative estimate of drug-likeness (QED) is 0.492. The third-order valence-electron chi connectivity index (χ3n) is 4.91. The number of benzene rings is 3. The highest BCUT2D eigenvalue weighted by Crippen LogP contribution is 2.23. The number of rotatable bonds is 4. The van der Waals surface area contributed by atoms with E-state index < -0.39 is 0 Å². The molecule has 0 radical (unpaired) electrons. The summed E-state index contributed by atoms with van der Waals surface area (Å²) in [6, 6.07) is 23.7. The maximum absolute atomic E-state index is 12.7. The molecular weight excluding hydrogens is 360 g/mol. The number of nitrogens with zero attached hydrogens (tertiary/aromatic N) is 3. The number of carbonyl (C=O) groups excluding carboxylic acids is 1. The second-order valence-electron chi connectivity index (χ2n) is 6.90. The molecule has 0 saturated heterocycles. The van der Waals surface area contributed by atoms with Crippen LogP contribution in [0.2, 0.25) is 0 Å². The first-order valence-electron chi connectivity index (χ1n) is 9.43. The zero-order valence-corrected chi connectivity index (χ0v) is 15.6. The lowest BCUT2D eigenvalue weighted by atomic mass is 10.0. The molecule has 5 aromatic rings. The average molecular weight is 378 g/mol. The molecule has 0 atom stereocenters. The Balaban J connectivity index is 1.38. The van der Waals surface area contributed by atoms with E-state index in [0.29, 0.717) is 12.2 Å². The third-order valence-corrected chi connectivity index (χ3v) is 4.91. The fourth-order valence-corrected chi connectivity index (χ4v) is 3.55. The first kappa shape index (κ1) is 17.1. The number of amides is 1. The van der Waals surface area contributed by atoms with Crippen LogP contribution in [-0.2, 0) is 11.2 Å². The van der Waals surface area contributed by atoms with Crippen molar-refractivity contribution >= 4 is 28.1 Å². The van der Waals surface area contributed by atoms with Crippen LogP contribution in [0.1, 0.15) is 5.56 Å². The number of fused-ring (bicyclic) bond motifs is 2. The summed E-state index contributed by atoms with van der Waals surface area (Å²) in [5, 5.41) is 5.26. The minimum absolute atomic E-state index is 0.0461. The van der Waals surface area contributed by atoms with Crippen molar-refractivity contribution in [3.63, 3.8) is 0 Å². The van der Waals surface area contributed by atoms with Gasteiger partial charge in [0.1, 0.15) is 0 Å². The molecule has 2 heterocycles. The summed E-state index contributed by atoms with van der Waals surface area (Å²) < 4.78 is 1.88. The molecule has 0 unspecified atom stereocenters. The molecule has 29 heavy (non-hydrogen) atoms. The predicted molar refractivity (Wildman–Crippen MR) is 115 cm³/mol. The Hall–Kier alpha value is -3.99. The van der Waals surface area contributed by atoms with Gasteiger partial charge in [0.2, 0.25) is 11.7 Å². The van der Waals surface area contributed by atoms with Crippen LogP contribution in [0.25, 0.3) is 27.8 Å². The van der Waals surface area contributed by atoms with E-state index in [9.17, 15) is 4.79 Å². The van der Waals surface area contributed by atoms with Crippen LogP contribution in [0.15, 0.2) is 91.4 Å². The summed E-state index contributed by atoms with van der Waals surface area (Å²) in [4.78, 5) is 21.5. The van der Waals surface area contributed by atoms with Crippen molar-refractivity contribution in [1.82, 2.24) is 14.4 Å². The topological polar surface area (TPSA) is 59.3 Å². The van der Waals surface area contributed by atoms with Crippen LogP contribution >= 0.6 is 0 Å². The minimum Gasteiger partial charge on any atom is -0.326 e. The van der Waals surface area contributed by atoms with Gasteiger partial charge >= 0.3 is 0 Å². The standard InChI is InChI=1S/C24H18N4O/c29-23(15-18-8-3-7-17-6-1-2-11-21(17)18)26-20-10-4-9-19(14-20)22-16-28-13-5-12-25-24(28)27-22/h1-14,16H,15H2,(H,26,29). The van der Waals surface area contributed by atoms with Crippen LogP contribution in [0.4, 0.5) is 5.69 Å². The Morgan fingerprint density at radius 1 is 0.966 bits per heavy atom. The summed E-state index contributed by atoms with van der Waals surface area (Å²) in [6.45, 7) is 0. The average Bonchev–Trinajstić information content (AvgIpc) is 3.19. The lowest BCUT2D eigenvalue weighted by Crippen LogP contribution is -2.14. The predicted octanol–water partition coefficient (Wildman–Crippen LogP) is 4.73. The van der Waals surface area contributed by atoms with Gasteiger partial charge in [-0.2, -0.15) is 0 Å². The third kappa shape index (κ3) is 3.46. The number of aromatic nitrogens is 3. The molecule has 0 fully saturated rings. The molecule has 140 valence electrons. The van der Waals surface area contributed by atoms with Gasteiger partial charge in [0.05, 0.1) is 12.1 Å². The lowest BCUT2D eigenvalue weighted by Gasteiger charge is -2.09.